The zero-order valence-electron chi connectivity index (χ0n) is 14.6. The van der Waals surface area contributed by atoms with Gasteiger partial charge in [-0.05, 0) is 44.1 Å². The Kier molecular flexibility index (Phi) is 4.90. The second-order valence-corrected chi connectivity index (χ2v) is 7.53. The first-order chi connectivity index (χ1) is 12.2. The highest BCUT2D eigenvalue weighted by molar-refractivity contribution is 5.94. The molecule has 2 heterocycles. The van der Waals surface area contributed by atoms with Crippen molar-refractivity contribution in [3.05, 3.63) is 23.9 Å². The highest BCUT2D eigenvalue weighted by Gasteiger charge is 2.33. The van der Waals surface area contributed by atoms with Gasteiger partial charge in [0.25, 0.3) is 5.91 Å². The van der Waals surface area contributed by atoms with E-state index in [0.717, 1.165) is 39.0 Å². The minimum atomic E-state index is -0.199. The lowest BCUT2D eigenvalue weighted by Gasteiger charge is -2.39. The molecule has 3 fully saturated rings. The van der Waals surface area contributed by atoms with Gasteiger partial charge in [0.2, 0.25) is 5.88 Å². The van der Waals surface area contributed by atoms with Gasteiger partial charge in [0.1, 0.15) is 0 Å². The second-order valence-electron chi connectivity index (χ2n) is 7.53. The average molecular weight is 345 g/mol. The summed E-state index contributed by atoms with van der Waals surface area (Å²) in [5.41, 5.74) is 0.619. The van der Waals surface area contributed by atoms with Crippen molar-refractivity contribution in [2.24, 2.45) is 5.92 Å². The van der Waals surface area contributed by atoms with Crippen molar-refractivity contribution in [2.45, 2.75) is 44.2 Å². The number of hydrogen-bond acceptors (Lipinski definition) is 5. The van der Waals surface area contributed by atoms with Crippen LogP contribution in [0.2, 0.25) is 0 Å². The van der Waals surface area contributed by atoms with Crippen LogP contribution in [0.15, 0.2) is 18.3 Å². The van der Waals surface area contributed by atoms with Gasteiger partial charge >= 0.3 is 0 Å². The highest BCUT2D eigenvalue weighted by Crippen LogP contribution is 2.29. The summed E-state index contributed by atoms with van der Waals surface area (Å²) in [4.78, 5) is 21.2. The second kappa shape index (κ2) is 7.30. The van der Waals surface area contributed by atoms with Gasteiger partial charge in [-0.15, -0.1) is 0 Å². The molecule has 2 atom stereocenters. The molecule has 1 aromatic heterocycles. The van der Waals surface area contributed by atoms with E-state index in [0.29, 0.717) is 30.5 Å². The SMILES string of the molecule is O=C(c1ccc(OCC2CC2)nc1)N1CCN([C@@H]2CCC[C@@H]2O)CC1. The van der Waals surface area contributed by atoms with Crippen molar-refractivity contribution in [3.8, 4) is 5.88 Å². The third-order valence-electron chi connectivity index (χ3n) is 5.66. The minimum absolute atomic E-state index is 0.0351. The lowest BCUT2D eigenvalue weighted by atomic mass is 10.1. The topological polar surface area (TPSA) is 65.9 Å². The van der Waals surface area contributed by atoms with Crippen LogP contribution in [0.25, 0.3) is 0 Å². The molecular formula is C19H27N3O3. The molecule has 0 bridgehead atoms. The molecule has 136 valence electrons. The fourth-order valence-electron chi connectivity index (χ4n) is 3.87. The summed E-state index contributed by atoms with van der Waals surface area (Å²) in [6.07, 6.45) is 7.01. The van der Waals surface area contributed by atoms with Gasteiger partial charge in [-0.25, -0.2) is 4.98 Å². The van der Waals surface area contributed by atoms with Gasteiger partial charge in [0.05, 0.1) is 18.3 Å². The molecule has 25 heavy (non-hydrogen) atoms. The van der Waals surface area contributed by atoms with E-state index in [1.165, 1.54) is 12.8 Å². The maximum absolute atomic E-state index is 12.7. The standard InChI is InChI=1S/C19H27N3O3/c23-17-3-1-2-16(17)21-8-10-22(11-9-21)19(24)15-6-7-18(20-12-15)25-13-14-4-5-14/h6-7,12,14,16-17,23H,1-5,8-11,13H2/t16-,17+/m1/s1. The van der Waals surface area contributed by atoms with E-state index in [4.69, 9.17) is 4.74 Å². The van der Waals surface area contributed by atoms with Crippen LogP contribution in [0.1, 0.15) is 42.5 Å². The summed E-state index contributed by atoms with van der Waals surface area (Å²) in [5.74, 6) is 1.33. The Bertz CT molecular complexity index is 594. The zero-order chi connectivity index (χ0) is 17.2. The maximum atomic E-state index is 12.7. The van der Waals surface area contributed by atoms with Gasteiger partial charge in [-0.2, -0.15) is 0 Å². The average Bonchev–Trinajstić information content (AvgIpc) is 3.39. The number of hydrogen-bond donors (Lipinski definition) is 1. The molecule has 0 aromatic carbocycles. The molecule has 4 rings (SSSR count). The smallest absolute Gasteiger partial charge is 0.255 e. The number of amides is 1. The molecule has 6 heteroatoms. The first-order valence-corrected chi connectivity index (χ1v) is 9.51. The Morgan fingerprint density at radius 2 is 1.96 bits per heavy atom. The van der Waals surface area contributed by atoms with Crippen molar-refractivity contribution in [1.82, 2.24) is 14.8 Å². The van der Waals surface area contributed by atoms with Crippen LogP contribution in [-0.2, 0) is 0 Å². The number of ether oxygens (including phenoxy) is 1. The molecule has 6 nitrogen and oxygen atoms in total. The minimum Gasteiger partial charge on any atom is -0.477 e. The molecule has 1 N–H and O–H groups in total. The predicted molar refractivity (Wildman–Crippen MR) is 93.6 cm³/mol. The van der Waals surface area contributed by atoms with Gasteiger partial charge in [0, 0.05) is 44.5 Å². The molecule has 3 aliphatic rings. The van der Waals surface area contributed by atoms with Crippen molar-refractivity contribution in [2.75, 3.05) is 32.8 Å². The predicted octanol–water partition coefficient (Wildman–Crippen LogP) is 1.54. The summed E-state index contributed by atoms with van der Waals surface area (Å²) in [6.45, 7) is 3.83. The van der Waals surface area contributed by atoms with E-state index in [1.54, 1.807) is 12.3 Å². The maximum Gasteiger partial charge on any atom is 0.255 e. The number of aliphatic hydroxyl groups is 1. The molecule has 1 saturated heterocycles. The van der Waals surface area contributed by atoms with Gasteiger partial charge in [-0.1, -0.05) is 0 Å². The highest BCUT2D eigenvalue weighted by atomic mass is 16.5. The monoisotopic (exact) mass is 345 g/mol. The van der Waals surface area contributed by atoms with Crippen LogP contribution in [0.5, 0.6) is 5.88 Å². The number of pyridine rings is 1. The third kappa shape index (κ3) is 3.96. The molecular weight excluding hydrogens is 318 g/mol. The molecule has 2 aliphatic carbocycles. The van der Waals surface area contributed by atoms with Crippen molar-refractivity contribution in [1.29, 1.82) is 0 Å². The Labute approximate surface area is 148 Å². The van der Waals surface area contributed by atoms with Crippen LogP contribution in [0, 0.1) is 5.92 Å². The molecule has 1 amide bonds. The molecule has 0 unspecified atom stereocenters. The van der Waals surface area contributed by atoms with E-state index in [1.807, 2.05) is 11.0 Å². The zero-order valence-corrected chi connectivity index (χ0v) is 14.6. The van der Waals surface area contributed by atoms with E-state index < -0.39 is 0 Å². The van der Waals surface area contributed by atoms with E-state index >= 15 is 0 Å². The largest absolute Gasteiger partial charge is 0.477 e. The Hall–Kier alpha value is -1.66. The molecule has 1 aromatic rings. The van der Waals surface area contributed by atoms with Gasteiger partial charge in [-0.3, -0.25) is 9.69 Å². The lowest BCUT2D eigenvalue weighted by Crippen LogP contribution is -2.53. The van der Waals surface area contributed by atoms with Crippen LogP contribution in [0.3, 0.4) is 0 Å². The number of aromatic nitrogens is 1. The summed E-state index contributed by atoms with van der Waals surface area (Å²) in [6, 6.07) is 3.88. The van der Waals surface area contributed by atoms with Crippen LogP contribution in [0.4, 0.5) is 0 Å². The summed E-state index contributed by atoms with van der Waals surface area (Å²) in [7, 11) is 0. The first kappa shape index (κ1) is 16.8. The van der Waals surface area contributed by atoms with Crippen LogP contribution < -0.4 is 4.74 Å². The van der Waals surface area contributed by atoms with E-state index in [2.05, 4.69) is 9.88 Å². The van der Waals surface area contributed by atoms with Crippen LogP contribution >= 0.6 is 0 Å². The third-order valence-corrected chi connectivity index (χ3v) is 5.66. The summed E-state index contributed by atoms with van der Waals surface area (Å²) >= 11 is 0. The molecule has 0 radical (unpaired) electrons. The Morgan fingerprint density at radius 1 is 1.16 bits per heavy atom. The lowest BCUT2D eigenvalue weighted by molar-refractivity contribution is 0.0315. The van der Waals surface area contributed by atoms with Crippen LogP contribution in [-0.4, -0.2) is 70.7 Å². The van der Waals surface area contributed by atoms with Crippen molar-refractivity contribution >= 4 is 5.91 Å². The number of nitrogens with zero attached hydrogens (tertiary/aromatic N) is 3. The Balaban J connectivity index is 1.29. The summed E-state index contributed by atoms with van der Waals surface area (Å²) in [5, 5.41) is 10.1. The number of carbonyl (C=O) groups excluding carboxylic acids is 1. The van der Waals surface area contributed by atoms with Crippen molar-refractivity contribution in [3.63, 3.8) is 0 Å². The molecule has 2 saturated carbocycles. The number of aliphatic hydroxyl groups excluding tert-OH is 1. The quantitative estimate of drug-likeness (QED) is 0.877. The molecule has 0 spiro atoms. The molecule has 1 aliphatic heterocycles. The fraction of sp³-hybridized carbons (Fsp3) is 0.684. The number of rotatable bonds is 5. The van der Waals surface area contributed by atoms with Crippen molar-refractivity contribution < 1.29 is 14.6 Å². The van der Waals surface area contributed by atoms with E-state index in [9.17, 15) is 9.90 Å². The number of carbonyl (C=O) groups is 1. The van der Waals surface area contributed by atoms with E-state index in [-0.39, 0.29) is 18.1 Å². The van der Waals surface area contributed by atoms with Gasteiger partial charge < -0.3 is 14.7 Å². The Morgan fingerprint density at radius 3 is 2.56 bits per heavy atom. The first-order valence-electron chi connectivity index (χ1n) is 9.51. The number of piperazine rings is 1. The normalized spacial score (nSPS) is 27.5. The fourth-order valence-corrected chi connectivity index (χ4v) is 3.87. The van der Waals surface area contributed by atoms with Gasteiger partial charge in [0.15, 0.2) is 0 Å². The summed E-state index contributed by atoms with van der Waals surface area (Å²) < 4.78 is 5.62.